The number of nitrogens with zero attached hydrogens (tertiary/aromatic N) is 2. The number of hydrogen-bond donors (Lipinski definition) is 0. The molecule has 4 nitrogen and oxygen atoms in total. The van der Waals surface area contributed by atoms with Crippen molar-refractivity contribution in [2.24, 2.45) is 0 Å². The van der Waals surface area contributed by atoms with Crippen LogP contribution in [0.2, 0.25) is 5.02 Å². The van der Waals surface area contributed by atoms with E-state index in [1.54, 1.807) is 0 Å². The average Bonchev–Trinajstić information content (AvgIpc) is 2.99. The maximum atomic E-state index is 14.2. The highest BCUT2D eigenvalue weighted by molar-refractivity contribution is 7.90. The molecule has 0 aliphatic carbocycles. The summed E-state index contributed by atoms with van der Waals surface area (Å²) in [5.41, 5.74) is -0.805. The molecule has 0 saturated carbocycles. The van der Waals surface area contributed by atoms with Crippen LogP contribution in [0.5, 0.6) is 0 Å². The van der Waals surface area contributed by atoms with E-state index in [-0.39, 0.29) is 11.4 Å². The van der Waals surface area contributed by atoms with E-state index < -0.39 is 32.4 Å². The SMILES string of the molecule is CS(=O)(=O)c1ccc(-n2nc(C(F)(F)F)cc2-c2ccc(Cl)cc2)cc1F. The molecule has 3 aromatic rings. The van der Waals surface area contributed by atoms with Gasteiger partial charge in [0.15, 0.2) is 15.5 Å². The van der Waals surface area contributed by atoms with Gasteiger partial charge in [0.05, 0.1) is 11.4 Å². The molecule has 0 aliphatic heterocycles. The molecule has 2 aromatic carbocycles. The first kappa shape index (κ1) is 19.4. The Bertz CT molecular complexity index is 1110. The molecule has 27 heavy (non-hydrogen) atoms. The number of alkyl halides is 3. The summed E-state index contributed by atoms with van der Waals surface area (Å²) in [5.74, 6) is -1.08. The van der Waals surface area contributed by atoms with Crippen LogP contribution >= 0.6 is 11.6 Å². The monoisotopic (exact) mass is 418 g/mol. The van der Waals surface area contributed by atoms with Gasteiger partial charge < -0.3 is 0 Å². The fourth-order valence-electron chi connectivity index (χ4n) is 2.46. The minimum absolute atomic E-state index is 0.0468. The van der Waals surface area contributed by atoms with Crippen molar-refractivity contribution in [2.45, 2.75) is 11.1 Å². The molecule has 0 saturated heterocycles. The second kappa shape index (κ2) is 6.65. The molecule has 0 bridgehead atoms. The van der Waals surface area contributed by atoms with Gasteiger partial charge in [-0.1, -0.05) is 23.7 Å². The van der Waals surface area contributed by atoms with Crippen molar-refractivity contribution in [3.63, 3.8) is 0 Å². The third kappa shape index (κ3) is 3.98. The van der Waals surface area contributed by atoms with E-state index in [1.807, 2.05) is 0 Å². The molecule has 0 amide bonds. The van der Waals surface area contributed by atoms with Crippen LogP contribution in [0.1, 0.15) is 5.69 Å². The Kier molecular flexibility index (Phi) is 4.77. The van der Waals surface area contributed by atoms with Crippen LogP contribution < -0.4 is 0 Å². The van der Waals surface area contributed by atoms with Crippen molar-refractivity contribution in [1.82, 2.24) is 9.78 Å². The van der Waals surface area contributed by atoms with Gasteiger partial charge in [-0.05, 0) is 30.3 Å². The highest BCUT2D eigenvalue weighted by Gasteiger charge is 2.35. The van der Waals surface area contributed by atoms with Crippen LogP contribution in [0, 0.1) is 5.82 Å². The Hall–Kier alpha value is -2.39. The molecule has 3 rings (SSSR count). The molecule has 0 radical (unpaired) electrons. The lowest BCUT2D eigenvalue weighted by molar-refractivity contribution is -0.141. The van der Waals surface area contributed by atoms with Gasteiger partial charge >= 0.3 is 6.18 Å². The molecule has 0 spiro atoms. The number of hydrogen-bond acceptors (Lipinski definition) is 3. The van der Waals surface area contributed by atoms with Crippen molar-refractivity contribution in [1.29, 1.82) is 0 Å². The lowest BCUT2D eigenvalue weighted by Crippen LogP contribution is -2.08. The van der Waals surface area contributed by atoms with Crippen LogP contribution in [0.3, 0.4) is 0 Å². The maximum Gasteiger partial charge on any atom is 0.435 e. The quantitative estimate of drug-likeness (QED) is 0.576. The number of halogens is 5. The smallest absolute Gasteiger partial charge is 0.232 e. The topological polar surface area (TPSA) is 52.0 Å². The summed E-state index contributed by atoms with van der Waals surface area (Å²) >= 11 is 5.81. The second-order valence-corrected chi connectivity index (χ2v) is 8.14. The zero-order valence-corrected chi connectivity index (χ0v) is 15.2. The Balaban J connectivity index is 2.21. The van der Waals surface area contributed by atoms with Crippen LogP contribution in [-0.2, 0) is 16.0 Å². The van der Waals surface area contributed by atoms with Crippen molar-refractivity contribution >= 4 is 21.4 Å². The lowest BCUT2D eigenvalue weighted by Gasteiger charge is -2.09. The van der Waals surface area contributed by atoms with Gasteiger partial charge in [-0.25, -0.2) is 17.5 Å². The molecule has 1 heterocycles. The summed E-state index contributed by atoms with van der Waals surface area (Å²) in [6.45, 7) is 0. The zero-order chi connectivity index (χ0) is 20.0. The molecule has 142 valence electrons. The second-order valence-electron chi connectivity index (χ2n) is 5.72. The molecule has 1 aromatic heterocycles. The van der Waals surface area contributed by atoms with Gasteiger partial charge in [0.2, 0.25) is 0 Å². The number of benzene rings is 2. The van der Waals surface area contributed by atoms with E-state index in [1.165, 1.54) is 30.3 Å². The molecule has 10 heteroatoms. The predicted octanol–water partition coefficient (Wildman–Crippen LogP) is 4.75. The zero-order valence-electron chi connectivity index (χ0n) is 13.6. The van der Waals surface area contributed by atoms with Crippen molar-refractivity contribution in [3.8, 4) is 16.9 Å². The van der Waals surface area contributed by atoms with Gasteiger partial charge in [-0.3, -0.25) is 0 Å². The first-order valence-electron chi connectivity index (χ1n) is 7.40. The first-order valence-corrected chi connectivity index (χ1v) is 9.67. The number of aromatic nitrogens is 2. The predicted molar refractivity (Wildman–Crippen MR) is 92.1 cm³/mol. The highest BCUT2D eigenvalue weighted by atomic mass is 35.5. The van der Waals surface area contributed by atoms with Crippen molar-refractivity contribution in [3.05, 3.63) is 65.1 Å². The third-order valence-corrected chi connectivity index (χ3v) is 5.08. The van der Waals surface area contributed by atoms with Crippen molar-refractivity contribution < 1.29 is 26.0 Å². The van der Waals surface area contributed by atoms with Gasteiger partial charge in [0, 0.05) is 22.9 Å². The van der Waals surface area contributed by atoms with Gasteiger partial charge in [-0.2, -0.15) is 18.3 Å². The minimum atomic E-state index is -4.71. The fourth-order valence-corrected chi connectivity index (χ4v) is 3.32. The van der Waals surface area contributed by atoms with Crippen LogP contribution in [-0.4, -0.2) is 24.5 Å². The Labute approximate surface area is 156 Å². The summed E-state index contributed by atoms with van der Waals surface area (Å²) in [4.78, 5) is -0.553. The lowest BCUT2D eigenvalue weighted by atomic mass is 10.1. The van der Waals surface area contributed by atoms with Gasteiger partial charge in [0.25, 0.3) is 0 Å². The van der Waals surface area contributed by atoms with E-state index in [0.29, 0.717) is 10.6 Å². The van der Waals surface area contributed by atoms with Gasteiger partial charge in [-0.15, -0.1) is 0 Å². The van der Waals surface area contributed by atoms with E-state index in [4.69, 9.17) is 11.6 Å². The molecule has 0 fully saturated rings. The molecule has 0 aliphatic rings. The fraction of sp³-hybridized carbons (Fsp3) is 0.118. The normalized spacial score (nSPS) is 12.4. The Morgan fingerprint density at radius 3 is 2.19 bits per heavy atom. The standard InChI is InChI=1S/C17H11ClF4N2O2S/c1-27(25,26)15-7-6-12(8-13(15)19)24-14(9-16(23-24)17(20,21)22)10-2-4-11(18)5-3-10/h2-9H,1H3. The average molecular weight is 419 g/mol. The molecule has 0 N–H and O–H groups in total. The molecular weight excluding hydrogens is 408 g/mol. The van der Waals surface area contributed by atoms with Crippen LogP contribution in [0.15, 0.2) is 53.4 Å². The summed E-state index contributed by atoms with van der Waals surface area (Å²) in [7, 11) is -3.82. The first-order chi connectivity index (χ1) is 12.5. The number of sulfone groups is 1. The summed E-state index contributed by atoms with van der Waals surface area (Å²) in [5, 5.41) is 3.92. The third-order valence-electron chi connectivity index (χ3n) is 3.70. The van der Waals surface area contributed by atoms with E-state index >= 15 is 0 Å². The van der Waals surface area contributed by atoms with Crippen LogP contribution in [0.4, 0.5) is 17.6 Å². The van der Waals surface area contributed by atoms with E-state index in [2.05, 4.69) is 5.10 Å². The van der Waals surface area contributed by atoms with Gasteiger partial charge in [0.1, 0.15) is 10.7 Å². The minimum Gasteiger partial charge on any atom is -0.232 e. The van der Waals surface area contributed by atoms with Crippen LogP contribution in [0.25, 0.3) is 16.9 Å². The van der Waals surface area contributed by atoms with E-state index in [0.717, 1.165) is 29.1 Å². The largest absolute Gasteiger partial charge is 0.435 e. The Morgan fingerprint density at radius 1 is 1.04 bits per heavy atom. The van der Waals surface area contributed by atoms with Crippen molar-refractivity contribution in [2.75, 3.05) is 6.26 Å². The summed E-state index contributed by atoms with van der Waals surface area (Å²) in [6.07, 6.45) is -3.88. The molecular formula is C17H11ClF4N2O2S. The summed E-state index contributed by atoms with van der Waals surface area (Å²) < 4.78 is 77.5. The molecule has 0 unspecified atom stereocenters. The van der Waals surface area contributed by atoms with E-state index in [9.17, 15) is 26.0 Å². The number of rotatable bonds is 3. The Morgan fingerprint density at radius 2 is 1.67 bits per heavy atom. The molecule has 0 atom stereocenters. The maximum absolute atomic E-state index is 14.2. The summed E-state index contributed by atoms with van der Waals surface area (Å²) in [6, 6.07) is 9.80. The highest BCUT2D eigenvalue weighted by Crippen LogP contribution is 2.34.